The minimum Gasteiger partial charge on any atom is -0.453 e. The van der Waals surface area contributed by atoms with Gasteiger partial charge in [-0.2, -0.15) is 0 Å². The van der Waals surface area contributed by atoms with Gasteiger partial charge in [-0.1, -0.05) is 25.4 Å². The van der Waals surface area contributed by atoms with Crippen LogP contribution in [-0.2, 0) is 4.74 Å². The summed E-state index contributed by atoms with van der Waals surface area (Å²) in [6.45, 7) is 6.65. The number of amides is 1. The second kappa shape index (κ2) is 7.09. The topological polar surface area (TPSA) is 58.8 Å². The number of halogens is 1. The van der Waals surface area contributed by atoms with E-state index >= 15 is 0 Å². The van der Waals surface area contributed by atoms with Crippen molar-refractivity contribution in [1.29, 1.82) is 0 Å². The number of benzene rings is 1. The number of hydrogen-bond acceptors (Lipinski definition) is 4. The molecule has 1 unspecified atom stereocenters. The molecular weight excluding hydrogens is 302 g/mol. The average Bonchev–Trinajstić information content (AvgIpc) is 2.96. The number of nitrogen functional groups attached to an aromatic ring is 1. The molecule has 1 atom stereocenters. The molecule has 0 bridgehead atoms. The number of anilines is 2. The van der Waals surface area contributed by atoms with Gasteiger partial charge in [0, 0.05) is 31.4 Å². The molecule has 1 amide bonds. The quantitative estimate of drug-likeness (QED) is 0.863. The largest absolute Gasteiger partial charge is 0.453 e. The molecule has 0 saturated carbocycles. The molecule has 1 heterocycles. The van der Waals surface area contributed by atoms with Crippen molar-refractivity contribution >= 4 is 29.1 Å². The highest BCUT2D eigenvalue weighted by Crippen LogP contribution is 2.29. The van der Waals surface area contributed by atoms with Crippen LogP contribution in [0.25, 0.3) is 0 Å². The molecule has 5 nitrogen and oxygen atoms in total. The Labute approximate surface area is 137 Å². The average molecular weight is 326 g/mol. The lowest BCUT2D eigenvalue weighted by Crippen LogP contribution is -2.41. The van der Waals surface area contributed by atoms with Gasteiger partial charge in [-0.05, 0) is 30.5 Å². The molecule has 0 spiro atoms. The van der Waals surface area contributed by atoms with Crippen LogP contribution in [0.4, 0.5) is 16.2 Å². The minimum absolute atomic E-state index is 0.262. The molecule has 0 radical (unpaired) electrons. The molecular formula is C16H24ClN3O2. The summed E-state index contributed by atoms with van der Waals surface area (Å²) in [4.78, 5) is 15.8. The Hall–Kier alpha value is -1.62. The summed E-state index contributed by atoms with van der Waals surface area (Å²) in [6, 6.07) is 5.99. The van der Waals surface area contributed by atoms with Crippen LogP contribution < -0.4 is 10.6 Å². The van der Waals surface area contributed by atoms with Crippen LogP contribution in [0.5, 0.6) is 0 Å². The highest BCUT2D eigenvalue weighted by atomic mass is 35.5. The fourth-order valence-electron chi connectivity index (χ4n) is 2.84. The van der Waals surface area contributed by atoms with Gasteiger partial charge in [0.05, 0.1) is 17.8 Å². The third kappa shape index (κ3) is 3.77. The van der Waals surface area contributed by atoms with Gasteiger partial charge >= 0.3 is 6.09 Å². The molecule has 1 aromatic carbocycles. The monoisotopic (exact) mass is 325 g/mol. The van der Waals surface area contributed by atoms with Crippen molar-refractivity contribution in [3.05, 3.63) is 23.2 Å². The molecule has 0 aromatic heterocycles. The second-order valence-corrected chi connectivity index (χ2v) is 6.52. The van der Waals surface area contributed by atoms with Crippen LogP contribution in [0.2, 0.25) is 5.02 Å². The van der Waals surface area contributed by atoms with E-state index in [0.717, 1.165) is 18.7 Å². The number of carbonyl (C=O) groups is 1. The van der Waals surface area contributed by atoms with Crippen LogP contribution >= 0.6 is 11.6 Å². The summed E-state index contributed by atoms with van der Waals surface area (Å²) in [5, 5.41) is 0.564. The Balaban J connectivity index is 2.19. The van der Waals surface area contributed by atoms with Crippen molar-refractivity contribution in [1.82, 2.24) is 4.90 Å². The minimum atomic E-state index is -0.262. The maximum atomic E-state index is 11.7. The molecule has 1 aromatic rings. The van der Waals surface area contributed by atoms with Crippen LogP contribution in [0.1, 0.15) is 20.3 Å². The number of rotatable bonds is 4. The molecule has 6 heteroatoms. The third-order valence-electron chi connectivity index (χ3n) is 3.91. The van der Waals surface area contributed by atoms with Gasteiger partial charge in [-0.15, -0.1) is 0 Å². The van der Waals surface area contributed by atoms with E-state index in [1.807, 2.05) is 18.2 Å². The van der Waals surface area contributed by atoms with Gasteiger partial charge in [-0.3, -0.25) is 0 Å². The number of likely N-dealkylation sites (tertiary alicyclic amines) is 1. The summed E-state index contributed by atoms with van der Waals surface area (Å²) in [6.07, 6.45) is 0.659. The number of hydrogen-bond donors (Lipinski definition) is 1. The number of carbonyl (C=O) groups excluding carboxylic acids is 1. The van der Waals surface area contributed by atoms with Crippen molar-refractivity contribution < 1.29 is 9.53 Å². The van der Waals surface area contributed by atoms with E-state index < -0.39 is 0 Å². The fourth-order valence-corrected chi connectivity index (χ4v) is 3.02. The van der Waals surface area contributed by atoms with Gasteiger partial charge in [0.1, 0.15) is 0 Å². The van der Waals surface area contributed by atoms with Crippen molar-refractivity contribution in [2.75, 3.05) is 37.4 Å². The SMILES string of the molecule is COC(=O)N1CCC(N(CC(C)C)c2ccc(N)c(Cl)c2)C1. The van der Waals surface area contributed by atoms with E-state index in [1.165, 1.54) is 7.11 Å². The van der Waals surface area contributed by atoms with Crippen LogP contribution in [0.3, 0.4) is 0 Å². The zero-order valence-corrected chi connectivity index (χ0v) is 14.1. The summed E-state index contributed by atoms with van der Waals surface area (Å²) in [5.41, 5.74) is 7.43. The summed E-state index contributed by atoms with van der Waals surface area (Å²) < 4.78 is 4.81. The van der Waals surface area contributed by atoms with Crippen molar-refractivity contribution in [3.8, 4) is 0 Å². The molecule has 2 N–H and O–H groups in total. The van der Waals surface area contributed by atoms with E-state index in [4.69, 9.17) is 22.1 Å². The maximum absolute atomic E-state index is 11.7. The van der Waals surface area contributed by atoms with Crippen LogP contribution in [-0.4, -0.2) is 43.8 Å². The molecule has 22 heavy (non-hydrogen) atoms. The Morgan fingerprint density at radius 1 is 1.55 bits per heavy atom. The van der Waals surface area contributed by atoms with Gasteiger partial charge in [0.15, 0.2) is 0 Å². The van der Waals surface area contributed by atoms with E-state index in [0.29, 0.717) is 29.7 Å². The van der Waals surface area contributed by atoms with Crippen molar-refractivity contribution in [2.45, 2.75) is 26.3 Å². The molecule has 1 saturated heterocycles. The van der Waals surface area contributed by atoms with E-state index in [1.54, 1.807) is 4.90 Å². The Morgan fingerprint density at radius 3 is 2.86 bits per heavy atom. The second-order valence-electron chi connectivity index (χ2n) is 6.11. The zero-order chi connectivity index (χ0) is 16.3. The highest BCUT2D eigenvalue weighted by Gasteiger charge is 2.31. The van der Waals surface area contributed by atoms with Gasteiger partial charge in [-0.25, -0.2) is 4.79 Å². The van der Waals surface area contributed by atoms with E-state index in [9.17, 15) is 4.79 Å². The van der Waals surface area contributed by atoms with Crippen LogP contribution in [0, 0.1) is 5.92 Å². The van der Waals surface area contributed by atoms with Gasteiger partial charge in [0.2, 0.25) is 0 Å². The molecule has 1 fully saturated rings. The lowest BCUT2D eigenvalue weighted by atomic mass is 10.1. The first kappa shape index (κ1) is 16.7. The number of nitrogens with two attached hydrogens (primary N) is 1. The molecule has 0 aliphatic carbocycles. The van der Waals surface area contributed by atoms with Crippen molar-refractivity contribution in [3.63, 3.8) is 0 Å². The van der Waals surface area contributed by atoms with E-state index in [2.05, 4.69) is 18.7 Å². The zero-order valence-electron chi connectivity index (χ0n) is 13.4. The lowest BCUT2D eigenvalue weighted by molar-refractivity contribution is 0.132. The predicted molar refractivity (Wildman–Crippen MR) is 90.4 cm³/mol. The number of methoxy groups -OCH3 is 1. The maximum Gasteiger partial charge on any atom is 0.409 e. The van der Waals surface area contributed by atoms with Gasteiger partial charge in [0.25, 0.3) is 0 Å². The number of ether oxygens (including phenoxy) is 1. The van der Waals surface area contributed by atoms with Crippen LogP contribution in [0.15, 0.2) is 18.2 Å². The molecule has 1 aliphatic rings. The third-order valence-corrected chi connectivity index (χ3v) is 4.24. The smallest absolute Gasteiger partial charge is 0.409 e. The highest BCUT2D eigenvalue weighted by molar-refractivity contribution is 6.33. The Kier molecular flexibility index (Phi) is 5.40. The fraction of sp³-hybridized carbons (Fsp3) is 0.562. The molecule has 2 rings (SSSR count). The summed E-state index contributed by atoms with van der Waals surface area (Å²) in [5.74, 6) is 0.503. The molecule has 122 valence electrons. The first-order valence-corrected chi connectivity index (χ1v) is 7.94. The number of nitrogens with zero attached hydrogens (tertiary/aromatic N) is 2. The Bertz CT molecular complexity index is 536. The predicted octanol–water partition coefficient (Wildman–Crippen LogP) is 3.23. The summed E-state index contributed by atoms with van der Waals surface area (Å²) in [7, 11) is 1.42. The normalized spacial score (nSPS) is 17.9. The first-order valence-electron chi connectivity index (χ1n) is 7.57. The lowest BCUT2D eigenvalue weighted by Gasteiger charge is -2.33. The summed E-state index contributed by atoms with van der Waals surface area (Å²) >= 11 is 6.17. The van der Waals surface area contributed by atoms with Gasteiger partial charge < -0.3 is 20.3 Å². The standard InChI is InChI=1S/C16H24ClN3O2/c1-11(2)9-20(12-4-5-15(18)14(17)8-12)13-6-7-19(10-13)16(21)22-3/h4-5,8,11,13H,6-7,9-10,18H2,1-3H3. The van der Waals surface area contributed by atoms with E-state index in [-0.39, 0.29) is 12.1 Å². The van der Waals surface area contributed by atoms with Crippen molar-refractivity contribution in [2.24, 2.45) is 5.92 Å². The Morgan fingerprint density at radius 2 is 2.27 bits per heavy atom. The first-order chi connectivity index (χ1) is 10.4. The molecule has 1 aliphatic heterocycles.